The van der Waals surface area contributed by atoms with Crippen molar-refractivity contribution in [2.75, 3.05) is 23.4 Å². The van der Waals surface area contributed by atoms with Crippen LogP contribution in [0.4, 0.5) is 11.4 Å². The Hall–Kier alpha value is -3.75. The number of nitrogens with zero attached hydrogens (tertiary/aromatic N) is 4. The Bertz CT molecular complexity index is 1050. The van der Waals surface area contributed by atoms with E-state index in [0.29, 0.717) is 29.6 Å². The van der Waals surface area contributed by atoms with Gasteiger partial charge in [0.25, 0.3) is 11.8 Å². The lowest BCUT2D eigenvalue weighted by molar-refractivity contribution is -0.123. The summed E-state index contributed by atoms with van der Waals surface area (Å²) in [4.78, 5) is 39.5. The van der Waals surface area contributed by atoms with Crippen LogP contribution in [-0.2, 0) is 14.4 Å². The van der Waals surface area contributed by atoms with Crippen molar-refractivity contribution in [3.8, 4) is 5.75 Å². The first-order chi connectivity index (χ1) is 15.4. The predicted octanol–water partition coefficient (Wildman–Crippen LogP) is 3.14. The van der Waals surface area contributed by atoms with Gasteiger partial charge >= 0.3 is 0 Å². The zero-order valence-corrected chi connectivity index (χ0v) is 18.2. The highest BCUT2D eigenvalue weighted by Crippen LogP contribution is 2.32. The first kappa shape index (κ1) is 21.5. The second-order valence-electron chi connectivity index (χ2n) is 7.96. The summed E-state index contributed by atoms with van der Waals surface area (Å²) in [6.07, 6.45) is 0. The van der Waals surface area contributed by atoms with Crippen molar-refractivity contribution < 1.29 is 19.1 Å². The summed E-state index contributed by atoms with van der Waals surface area (Å²) in [5.74, 6) is -0.190. The molecule has 9 heteroatoms. The monoisotopic (exact) mass is 435 g/mol. The normalized spacial score (nSPS) is 19.6. The van der Waals surface area contributed by atoms with Gasteiger partial charge in [-0.25, -0.2) is 4.90 Å². The molecule has 2 aromatic rings. The molecular formula is C23H25N5O4. The van der Waals surface area contributed by atoms with Crippen molar-refractivity contribution in [3.63, 3.8) is 0 Å². The molecule has 2 atom stereocenters. The molecule has 2 aliphatic heterocycles. The van der Waals surface area contributed by atoms with Crippen molar-refractivity contribution in [2.45, 2.75) is 38.8 Å². The minimum atomic E-state index is -0.939. The van der Waals surface area contributed by atoms with Gasteiger partial charge in [0.1, 0.15) is 12.3 Å². The summed E-state index contributed by atoms with van der Waals surface area (Å²) in [6, 6.07) is 12.4. The molecule has 32 heavy (non-hydrogen) atoms. The van der Waals surface area contributed by atoms with Crippen LogP contribution in [0.1, 0.15) is 32.3 Å². The number of fused-ring (bicyclic) bond motifs is 1. The summed E-state index contributed by atoms with van der Waals surface area (Å²) >= 11 is 0. The van der Waals surface area contributed by atoms with Crippen LogP contribution in [0, 0.1) is 0 Å². The minimum Gasteiger partial charge on any atom is -0.494 e. The average Bonchev–Trinajstić information content (AvgIpc) is 3.29. The zero-order valence-electron chi connectivity index (χ0n) is 18.2. The summed E-state index contributed by atoms with van der Waals surface area (Å²) in [5, 5.41) is 11.9. The van der Waals surface area contributed by atoms with Crippen molar-refractivity contribution in [1.82, 2.24) is 5.01 Å². The number of benzene rings is 2. The van der Waals surface area contributed by atoms with E-state index >= 15 is 0 Å². The van der Waals surface area contributed by atoms with Gasteiger partial charge in [0, 0.05) is 5.69 Å². The van der Waals surface area contributed by atoms with Crippen molar-refractivity contribution in [2.24, 2.45) is 10.3 Å². The minimum absolute atomic E-state index is 0.197. The lowest BCUT2D eigenvalue weighted by Gasteiger charge is -2.20. The van der Waals surface area contributed by atoms with Crippen LogP contribution in [0.15, 0.2) is 58.9 Å². The third-order valence-corrected chi connectivity index (χ3v) is 5.43. The molecular weight excluding hydrogens is 410 g/mol. The molecule has 0 aliphatic carbocycles. The number of hydrogen-bond acceptors (Lipinski definition) is 7. The van der Waals surface area contributed by atoms with Crippen LogP contribution < -0.4 is 15.0 Å². The first-order valence-corrected chi connectivity index (χ1v) is 10.6. The molecule has 0 unspecified atom stereocenters. The molecule has 4 rings (SSSR count). The molecule has 2 aliphatic rings. The number of hydrogen-bond donors (Lipinski definition) is 1. The average molecular weight is 435 g/mol. The van der Waals surface area contributed by atoms with Gasteiger partial charge in [0.2, 0.25) is 5.91 Å². The quantitative estimate of drug-likeness (QED) is 0.673. The molecule has 0 radical (unpaired) electrons. The van der Waals surface area contributed by atoms with Gasteiger partial charge in [-0.3, -0.25) is 19.4 Å². The van der Waals surface area contributed by atoms with Crippen molar-refractivity contribution >= 4 is 29.1 Å². The van der Waals surface area contributed by atoms with Crippen LogP contribution in [-0.4, -0.2) is 48.0 Å². The molecule has 1 saturated heterocycles. The smallest absolute Gasteiger partial charge is 0.263 e. The lowest BCUT2D eigenvalue weighted by atomic mass is 10.0. The largest absolute Gasteiger partial charge is 0.494 e. The second kappa shape index (κ2) is 8.78. The highest BCUT2D eigenvalue weighted by molar-refractivity contribution is 6.25. The van der Waals surface area contributed by atoms with Crippen molar-refractivity contribution in [3.05, 3.63) is 54.1 Å². The molecule has 1 N–H and O–H groups in total. The number of nitrogens with one attached hydrogen (secondary N) is 1. The Balaban J connectivity index is 1.43. The predicted molar refractivity (Wildman–Crippen MR) is 118 cm³/mol. The van der Waals surface area contributed by atoms with Crippen LogP contribution in [0.3, 0.4) is 0 Å². The van der Waals surface area contributed by atoms with Gasteiger partial charge in [0.15, 0.2) is 12.1 Å². The van der Waals surface area contributed by atoms with Gasteiger partial charge < -0.3 is 10.1 Å². The van der Waals surface area contributed by atoms with Gasteiger partial charge in [-0.05, 0) is 54.8 Å². The standard InChI is InChI=1S/C23H25N5O4/c1-4-32-18-11-7-16(8-12-18)24-19(29)13-27-21-20(25-26-27)22(30)28(23(21)31)17-9-5-15(6-10-17)14(2)3/h5-12,14,20-21H,4,13H2,1-3H3,(H,24,29)/t20-,21-/m0/s1. The summed E-state index contributed by atoms with van der Waals surface area (Å²) in [6.45, 7) is 6.39. The van der Waals surface area contributed by atoms with E-state index in [1.165, 1.54) is 5.01 Å². The number of amides is 3. The first-order valence-electron chi connectivity index (χ1n) is 10.6. The molecule has 0 bridgehead atoms. The zero-order chi connectivity index (χ0) is 22.8. The van der Waals surface area contributed by atoms with Crippen molar-refractivity contribution in [1.29, 1.82) is 0 Å². The number of carbonyl (C=O) groups is 3. The van der Waals surface area contributed by atoms with E-state index in [1.54, 1.807) is 36.4 Å². The van der Waals surface area contributed by atoms with E-state index in [1.807, 2.05) is 19.1 Å². The van der Waals surface area contributed by atoms with Crippen LogP contribution in [0.5, 0.6) is 5.75 Å². The fourth-order valence-corrected chi connectivity index (χ4v) is 3.77. The van der Waals surface area contributed by atoms with Crippen LogP contribution >= 0.6 is 0 Å². The Kier molecular flexibility index (Phi) is 5.89. The van der Waals surface area contributed by atoms with E-state index in [-0.39, 0.29) is 12.5 Å². The third-order valence-electron chi connectivity index (χ3n) is 5.43. The number of imide groups is 1. The topological polar surface area (TPSA) is 104 Å². The molecule has 9 nitrogen and oxygen atoms in total. The molecule has 0 spiro atoms. The summed E-state index contributed by atoms with van der Waals surface area (Å²) < 4.78 is 5.38. The third kappa shape index (κ3) is 4.05. The highest BCUT2D eigenvalue weighted by atomic mass is 16.5. The Morgan fingerprint density at radius 3 is 2.38 bits per heavy atom. The molecule has 0 aromatic heterocycles. The second-order valence-corrected chi connectivity index (χ2v) is 7.96. The Labute approximate surface area is 186 Å². The van der Waals surface area contributed by atoms with E-state index in [9.17, 15) is 14.4 Å². The number of anilines is 2. The Morgan fingerprint density at radius 2 is 1.75 bits per heavy atom. The van der Waals surface area contributed by atoms with Gasteiger partial charge in [-0.1, -0.05) is 31.2 Å². The maximum Gasteiger partial charge on any atom is 0.263 e. The fourth-order valence-electron chi connectivity index (χ4n) is 3.77. The molecule has 0 saturated carbocycles. The Morgan fingerprint density at radius 1 is 1.06 bits per heavy atom. The molecule has 2 aromatic carbocycles. The molecule has 1 fully saturated rings. The lowest BCUT2D eigenvalue weighted by Crippen LogP contribution is -2.43. The summed E-state index contributed by atoms with van der Waals surface area (Å²) in [7, 11) is 0. The van der Waals surface area contributed by atoms with Gasteiger partial charge in [0.05, 0.1) is 12.3 Å². The van der Waals surface area contributed by atoms with Gasteiger partial charge in [-0.15, -0.1) is 0 Å². The number of rotatable bonds is 7. The number of carbonyl (C=O) groups excluding carboxylic acids is 3. The maximum absolute atomic E-state index is 13.1. The SMILES string of the molecule is CCOc1ccc(NC(=O)CN2N=N[C@@H]3C(=O)N(c4ccc(C(C)C)cc4)C(=O)[C@H]32)cc1. The molecule has 2 heterocycles. The van der Waals surface area contributed by atoms with E-state index in [4.69, 9.17) is 4.74 Å². The summed E-state index contributed by atoms with van der Waals surface area (Å²) in [5.41, 5.74) is 2.19. The van der Waals surface area contributed by atoms with E-state index in [2.05, 4.69) is 29.5 Å². The fraction of sp³-hybridized carbons (Fsp3) is 0.348. The van der Waals surface area contributed by atoms with E-state index < -0.39 is 23.9 Å². The highest BCUT2D eigenvalue weighted by Gasteiger charge is 2.55. The number of ether oxygens (including phenoxy) is 1. The maximum atomic E-state index is 13.1. The van der Waals surface area contributed by atoms with Gasteiger partial charge in [-0.2, -0.15) is 5.11 Å². The van der Waals surface area contributed by atoms with Crippen LogP contribution in [0.2, 0.25) is 0 Å². The van der Waals surface area contributed by atoms with E-state index in [0.717, 1.165) is 10.5 Å². The molecule has 3 amide bonds. The molecule has 166 valence electrons. The van der Waals surface area contributed by atoms with Crippen LogP contribution in [0.25, 0.3) is 0 Å².